The van der Waals surface area contributed by atoms with Crippen molar-refractivity contribution < 1.29 is 0 Å². The van der Waals surface area contributed by atoms with Gasteiger partial charge >= 0.3 is 0 Å². The van der Waals surface area contributed by atoms with E-state index in [0.717, 1.165) is 71.0 Å². The Labute approximate surface area is 239 Å². The zero-order valence-corrected chi connectivity index (χ0v) is 23.9. The van der Waals surface area contributed by atoms with Crippen LogP contribution in [0.15, 0.2) is 24.3 Å². The summed E-state index contributed by atoms with van der Waals surface area (Å²) in [5, 5.41) is 0. The van der Waals surface area contributed by atoms with Crippen molar-refractivity contribution in [3.05, 3.63) is 24.3 Å². The lowest BCUT2D eigenvalue weighted by Crippen LogP contribution is -2.58. The van der Waals surface area contributed by atoms with Gasteiger partial charge in [-0.1, -0.05) is 24.3 Å². The van der Waals surface area contributed by atoms with Gasteiger partial charge in [-0.15, -0.1) is 0 Å². The summed E-state index contributed by atoms with van der Waals surface area (Å²) >= 11 is 0. The molecule has 16 rings (SSSR count). The van der Waals surface area contributed by atoms with Gasteiger partial charge in [0.1, 0.15) is 0 Å². The van der Waals surface area contributed by atoms with Crippen LogP contribution in [0.5, 0.6) is 0 Å². The summed E-state index contributed by atoms with van der Waals surface area (Å²) in [7, 11) is 0. The lowest BCUT2D eigenvalue weighted by molar-refractivity contribution is -0.144. The zero-order chi connectivity index (χ0) is 24.4. The van der Waals surface area contributed by atoms with E-state index in [2.05, 4.69) is 24.3 Å². The third-order valence-corrected chi connectivity index (χ3v) is 22.0. The Morgan fingerprint density at radius 1 is 0.200 bits per heavy atom. The van der Waals surface area contributed by atoms with E-state index in [1.807, 2.05) is 0 Å². The van der Waals surface area contributed by atoms with Crippen LogP contribution in [0, 0.1) is 178 Å². The largest absolute Gasteiger partial charge is 0.0845 e. The van der Waals surface area contributed by atoms with Crippen LogP contribution in [-0.2, 0) is 0 Å². The van der Waals surface area contributed by atoms with Crippen molar-refractivity contribution in [3.63, 3.8) is 0 Å². The van der Waals surface area contributed by atoms with Gasteiger partial charge in [0, 0.05) is 0 Å². The van der Waals surface area contributed by atoms with Crippen molar-refractivity contribution in [1.82, 2.24) is 0 Å². The Morgan fingerprint density at radius 2 is 0.400 bits per heavy atom. The van der Waals surface area contributed by atoms with Crippen LogP contribution in [0.3, 0.4) is 0 Å². The zero-order valence-electron chi connectivity index (χ0n) is 23.9. The highest BCUT2D eigenvalue weighted by Crippen LogP contribution is 2.92. The maximum Gasteiger partial charge on any atom is -0.0168 e. The third kappa shape index (κ3) is 1.47. The van der Waals surface area contributed by atoms with Gasteiger partial charge in [-0.2, -0.15) is 0 Å². The summed E-state index contributed by atoms with van der Waals surface area (Å²) in [6.45, 7) is 0. The smallest absolute Gasteiger partial charge is 0.0168 e. The molecule has 0 nitrogen and oxygen atoms in total. The number of allylic oxidation sites excluding steroid dienone is 4. The van der Waals surface area contributed by atoms with Gasteiger partial charge in [0.05, 0.1) is 0 Å². The Balaban J connectivity index is 1.08. The molecule has 0 amide bonds. The fraction of sp³-hybridized carbons (Fsp3) is 0.900. The van der Waals surface area contributed by atoms with Crippen molar-refractivity contribution in [2.45, 2.75) is 38.5 Å². The molecule has 0 aliphatic heterocycles. The minimum absolute atomic E-state index is 1.03. The molecule has 206 valence electrons. The Morgan fingerprint density at radius 3 is 0.700 bits per heavy atom. The normalized spacial score (nSPS) is 86.2. The van der Waals surface area contributed by atoms with E-state index in [0.29, 0.717) is 0 Å². The summed E-state index contributed by atoms with van der Waals surface area (Å²) in [4.78, 5) is 0. The van der Waals surface area contributed by atoms with Crippen molar-refractivity contribution in [2.24, 2.45) is 178 Å². The van der Waals surface area contributed by atoms with Gasteiger partial charge in [-0.25, -0.2) is 0 Å². The lowest BCUT2D eigenvalue weighted by atomic mass is 9.43. The second kappa shape index (κ2) is 5.46. The molecule has 14 fully saturated rings. The molecule has 28 atom stereocenters. The molecule has 40 heavy (non-hydrogen) atoms. The summed E-state index contributed by atoms with van der Waals surface area (Å²) in [5.74, 6) is 35.0. The SMILES string of the molecule is C1=CC2C3CCC4C5CCC6C7C=CC8C9CCC%10C1C1C2C2C3C4C3C5C6C4C7C8C5C9C%10C1C1C5C4C3C21. The molecule has 0 aromatic carbocycles. The first-order valence-electron chi connectivity index (χ1n) is 19.3. The highest BCUT2D eigenvalue weighted by atomic mass is 14.9. The maximum atomic E-state index is 3.00. The third-order valence-electron chi connectivity index (χ3n) is 22.0. The second-order valence-electron chi connectivity index (χ2n) is 20.3. The van der Waals surface area contributed by atoms with E-state index < -0.39 is 0 Å². The quantitative estimate of drug-likeness (QED) is 0.294. The average molecular weight is 527 g/mol. The molecule has 0 bridgehead atoms. The summed E-state index contributed by atoms with van der Waals surface area (Å²) in [6.07, 6.45) is 22.0. The van der Waals surface area contributed by atoms with Gasteiger partial charge < -0.3 is 0 Å². The highest BCUT2D eigenvalue weighted by molar-refractivity contribution is 5.38. The van der Waals surface area contributed by atoms with Crippen LogP contribution in [0.4, 0.5) is 0 Å². The van der Waals surface area contributed by atoms with E-state index in [1.54, 1.807) is 38.5 Å². The van der Waals surface area contributed by atoms with E-state index in [9.17, 15) is 0 Å². The van der Waals surface area contributed by atoms with Crippen LogP contribution in [0.2, 0.25) is 0 Å². The Bertz CT molecular complexity index is 1310. The van der Waals surface area contributed by atoms with Gasteiger partial charge in [0.15, 0.2) is 0 Å². The maximum absolute atomic E-state index is 3.00. The molecule has 14 saturated carbocycles. The van der Waals surface area contributed by atoms with Crippen LogP contribution in [0.25, 0.3) is 0 Å². The first-order chi connectivity index (χ1) is 19.9. The van der Waals surface area contributed by atoms with Crippen molar-refractivity contribution in [3.8, 4) is 0 Å². The topological polar surface area (TPSA) is 0 Å². The first kappa shape index (κ1) is 19.7. The number of fused-ring (bicyclic) bond motifs is 5. The summed E-state index contributed by atoms with van der Waals surface area (Å²) in [5.41, 5.74) is 0. The lowest BCUT2D eigenvalue weighted by Gasteiger charge is -2.61. The molecule has 0 heterocycles. The molecule has 0 aromatic heterocycles. The minimum Gasteiger partial charge on any atom is -0.0845 e. The van der Waals surface area contributed by atoms with Gasteiger partial charge in [0.25, 0.3) is 0 Å². The highest BCUT2D eigenvalue weighted by Gasteiger charge is 2.88. The molecule has 16 aliphatic carbocycles. The van der Waals surface area contributed by atoms with E-state index in [-0.39, 0.29) is 0 Å². The molecular weight excluding hydrogens is 480 g/mol. The summed E-state index contributed by atoms with van der Waals surface area (Å²) < 4.78 is 0. The van der Waals surface area contributed by atoms with Crippen molar-refractivity contribution >= 4 is 0 Å². The molecule has 0 N–H and O–H groups in total. The molecule has 0 spiro atoms. The fourth-order valence-electron chi connectivity index (χ4n) is 23.6. The van der Waals surface area contributed by atoms with Crippen molar-refractivity contribution in [1.29, 1.82) is 0 Å². The number of hydrogen-bond donors (Lipinski definition) is 0. The van der Waals surface area contributed by atoms with Gasteiger partial charge in [-0.3, -0.25) is 0 Å². The fourth-order valence-corrected chi connectivity index (χ4v) is 23.6. The predicted molar refractivity (Wildman–Crippen MR) is 151 cm³/mol. The van der Waals surface area contributed by atoms with Crippen LogP contribution in [-0.4, -0.2) is 0 Å². The average Bonchev–Trinajstić information content (AvgIpc) is 3.79. The molecule has 28 unspecified atom stereocenters. The molecule has 16 aliphatic rings. The predicted octanol–water partition coefficient (Wildman–Crippen LogP) is 7.14. The molecule has 0 saturated heterocycles. The minimum atomic E-state index is 1.03. The van der Waals surface area contributed by atoms with E-state index >= 15 is 0 Å². The van der Waals surface area contributed by atoms with E-state index in [4.69, 9.17) is 0 Å². The first-order valence-corrected chi connectivity index (χ1v) is 19.3. The standard InChI is InChI=1S/C40H46/c1-2-12-14-5-6-16-18-9-10-20-19-8-7-17-15-4-3-13-11(1)21-22(12)32-24(14)26(16)34-29(18)30(20)35-28(19)27(17)33-25(15)23(13)31(21)36-37(32)39(34)40(35)38(33)36/h1-2,7-8,11-40H,3-6,9-10H2. The monoisotopic (exact) mass is 526 g/mol. The van der Waals surface area contributed by atoms with Crippen molar-refractivity contribution in [2.75, 3.05) is 0 Å². The Kier molecular flexibility index (Phi) is 2.69. The molecular formula is C40H46. The van der Waals surface area contributed by atoms with Crippen LogP contribution >= 0.6 is 0 Å². The van der Waals surface area contributed by atoms with Crippen LogP contribution < -0.4 is 0 Å². The van der Waals surface area contributed by atoms with Gasteiger partial charge in [-0.05, 0) is 216 Å². The molecule has 0 radical (unpaired) electrons. The number of hydrogen-bond acceptors (Lipinski definition) is 0. The summed E-state index contributed by atoms with van der Waals surface area (Å²) in [6, 6.07) is 0. The molecule has 0 aromatic rings. The molecule has 0 heteroatoms. The van der Waals surface area contributed by atoms with Gasteiger partial charge in [0.2, 0.25) is 0 Å². The second-order valence-corrected chi connectivity index (χ2v) is 20.3. The van der Waals surface area contributed by atoms with Crippen LogP contribution in [0.1, 0.15) is 38.5 Å². The van der Waals surface area contributed by atoms with E-state index in [1.165, 1.54) is 107 Å². The Hall–Kier alpha value is -0.520. The number of rotatable bonds is 0.